The summed E-state index contributed by atoms with van der Waals surface area (Å²) in [5.41, 5.74) is 3.92. The van der Waals surface area contributed by atoms with Gasteiger partial charge >= 0.3 is 0 Å². The predicted molar refractivity (Wildman–Crippen MR) is 89.9 cm³/mol. The van der Waals surface area contributed by atoms with Crippen LogP contribution in [0, 0.1) is 6.92 Å². The Kier molecular flexibility index (Phi) is 2.82. The van der Waals surface area contributed by atoms with Crippen LogP contribution in [0.25, 0.3) is 16.3 Å². The van der Waals surface area contributed by atoms with Crippen LogP contribution in [0.4, 0.5) is 0 Å². The molecule has 0 radical (unpaired) electrons. The normalized spacial score (nSPS) is 18.6. The molecule has 1 aromatic carbocycles. The van der Waals surface area contributed by atoms with Gasteiger partial charge < -0.3 is 0 Å². The van der Waals surface area contributed by atoms with Crippen LogP contribution in [0.2, 0.25) is 0 Å². The molecule has 1 atom stereocenters. The van der Waals surface area contributed by atoms with Gasteiger partial charge in [0, 0.05) is 39.8 Å². The van der Waals surface area contributed by atoms with Crippen LogP contribution in [0.15, 0.2) is 64.3 Å². The lowest BCUT2D eigenvalue weighted by molar-refractivity contribution is 1.11. The van der Waals surface area contributed by atoms with E-state index in [2.05, 4.69) is 53.5 Å². The number of benzene rings is 1. The first-order valence-electron chi connectivity index (χ1n) is 7.02. The third-order valence-electron chi connectivity index (χ3n) is 3.99. The minimum absolute atomic E-state index is 0.547. The van der Waals surface area contributed by atoms with Crippen LogP contribution >= 0.6 is 10.9 Å². The Balaban J connectivity index is 2.01. The Morgan fingerprint density at radius 2 is 1.90 bits per heavy atom. The lowest BCUT2D eigenvalue weighted by Gasteiger charge is -2.17. The van der Waals surface area contributed by atoms with Crippen LogP contribution in [0.5, 0.6) is 0 Å². The van der Waals surface area contributed by atoms with Gasteiger partial charge in [-0.3, -0.25) is 9.97 Å². The summed E-state index contributed by atoms with van der Waals surface area (Å²) in [5, 5.41) is 6.13. The first-order chi connectivity index (χ1) is 10.3. The van der Waals surface area contributed by atoms with Crippen molar-refractivity contribution < 1.29 is 0 Å². The molecule has 0 amide bonds. The summed E-state index contributed by atoms with van der Waals surface area (Å²) in [6.07, 6.45) is 5.87. The van der Waals surface area contributed by atoms with E-state index in [1.807, 2.05) is 24.7 Å². The fraction of sp³-hybridized carbons (Fsp3) is 0.111. The molecule has 0 spiro atoms. The van der Waals surface area contributed by atoms with Crippen molar-refractivity contribution in [2.24, 2.45) is 0 Å². The molecule has 3 heterocycles. The first kappa shape index (κ1) is 12.6. The summed E-state index contributed by atoms with van der Waals surface area (Å²) in [4.78, 5) is 10.4. The molecule has 3 heteroatoms. The molecule has 0 bridgehead atoms. The second kappa shape index (κ2) is 4.71. The molecule has 2 nitrogen and oxygen atoms in total. The summed E-state index contributed by atoms with van der Waals surface area (Å²) >= 11 is 0. The lowest BCUT2D eigenvalue weighted by Crippen LogP contribution is -1.90. The molecule has 1 unspecified atom stereocenters. The van der Waals surface area contributed by atoms with Crippen molar-refractivity contribution in [2.45, 2.75) is 23.8 Å². The Labute approximate surface area is 126 Å². The van der Waals surface area contributed by atoms with Crippen molar-refractivity contribution in [1.29, 1.82) is 0 Å². The molecule has 0 N–H and O–H groups in total. The topological polar surface area (TPSA) is 25.8 Å². The van der Waals surface area contributed by atoms with Crippen molar-refractivity contribution in [3.63, 3.8) is 0 Å². The van der Waals surface area contributed by atoms with Gasteiger partial charge in [0.15, 0.2) is 0 Å². The van der Waals surface area contributed by atoms with E-state index in [1.165, 1.54) is 37.4 Å². The lowest BCUT2D eigenvalue weighted by atomic mass is 10.1. The van der Waals surface area contributed by atoms with E-state index in [-0.39, 0.29) is 0 Å². The maximum absolute atomic E-state index is 4.65. The standard InChI is InChI=1S/C18H16N2S/c1-12-5-3-6-14-9-19-10-16(17(12)14)21-11-13(2)15-7-4-8-20-18(15)21/h3-11,21H,1-2H3. The van der Waals surface area contributed by atoms with E-state index in [4.69, 9.17) is 0 Å². The molecule has 1 aliphatic heterocycles. The van der Waals surface area contributed by atoms with Gasteiger partial charge in [-0.1, -0.05) is 24.3 Å². The van der Waals surface area contributed by atoms with Gasteiger partial charge in [-0.05, 0) is 36.5 Å². The molecule has 21 heavy (non-hydrogen) atoms. The molecule has 104 valence electrons. The van der Waals surface area contributed by atoms with Crippen molar-refractivity contribution in [1.82, 2.24) is 9.97 Å². The fourth-order valence-electron chi connectivity index (χ4n) is 2.99. The molecule has 0 saturated carbocycles. The minimum Gasteiger partial charge on any atom is -0.263 e. The van der Waals surface area contributed by atoms with Crippen LogP contribution in [-0.4, -0.2) is 9.97 Å². The first-order valence-corrected chi connectivity index (χ1v) is 8.43. The van der Waals surface area contributed by atoms with Gasteiger partial charge in [0.2, 0.25) is 0 Å². The SMILES string of the molecule is CC1=C[SH](c2cncc3cccc(C)c23)c2ncccc21. The second-order valence-corrected chi connectivity index (χ2v) is 7.29. The molecular weight excluding hydrogens is 276 g/mol. The molecule has 0 aliphatic carbocycles. The van der Waals surface area contributed by atoms with E-state index in [9.17, 15) is 0 Å². The van der Waals surface area contributed by atoms with Crippen molar-refractivity contribution in [3.8, 4) is 0 Å². The van der Waals surface area contributed by atoms with Crippen molar-refractivity contribution in [3.05, 3.63) is 65.5 Å². The van der Waals surface area contributed by atoms with Crippen LogP contribution in [-0.2, 0) is 0 Å². The Morgan fingerprint density at radius 3 is 2.81 bits per heavy atom. The van der Waals surface area contributed by atoms with Crippen LogP contribution < -0.4 is 0 Å². The highest BCUT2D eigenvalue weighted by Crippen LogP contribution is 2.55. The zero-order valence-corrected chi connectivity index (χ0v) is 12.9. The third kappa shape index (κ3) is 1.88. The number of rotatable bonds is 1. The maximum Gasteiger partial charge on any atom is 0.0915 e. The van der Waals surface area contributed by atoms with Gasteiger partial charge in [0.05, 0.1) is 5.03 Å². The van der Waals surface area contributed by atoms with Gasteiger partial charge in [0.1, 0.15) is 0 Å². The van der Waals surface area contributed by atoms with E-state index in [0.29, 0.717) is 0 Å². The number of nitrogens with zero attached hydrogens (tertiary/aromatic N) is 2. The number of pyridine rings is 2. The molecular formula is C18H16N2S. The van der Waals surface area contributed by atoms with Crippen LogP contribution in [0.3, 0.4) is 0 Å². The largest absolute Gasteiger partial charge is 0.263 e. The smallest absolute Gasteiger partial charge is 0.0915 e. The number of fused-ring (bicyclic) bond motifs is 2. The highest BCUT2D eigenvalue weighted by atomic mass is 32.2. The summed E-state index contributed by atoms with van der Waals surface area (Å²) in [6.45, 7) is 4.35. The quantitative estimate of drug-likeness (QED) is 0.656. The Morgan fingerprint density at radius 1 is 1.00 bits per heavy atom. The molecule has 2 aromatic heterocycles. The number of hydrogen-bond acceptors (Lipinski definition) is 2. The van der Waals surface area contributed by atoms with E-state index >= 15 is 0 Å². The average Bonchev–Trinajstić information content (AvgIpc) is 2.85. The average molecular weight is 292 g/mol. The third-order valence-corrected chi connectivity index (χ3v) is 6.31. The van der Waals surface area contributed by atoms with Gasteiger partial charge in [-0.15, -0.1) is 0 Å². The second-order valence-electron chi connectivity index (χ2n) is 5.39. The highest BCUT2D eigenvalue weighted by molar-refractivity contribution is 8.20. The maximum atomic E-state index is 4.65. The van der Waals surface area contributed by atoms with E-state index in [0.717, 1.165) is 0 Å². The van der Waals surface area contributed by atoms with E-state index < -0.39 is 10.9 Å². The highest BCUT2D eigenvalue weighted by Gasteiger charge is 2.22. The molecule has 3 aromatic rings. The summed E-state index contributed by atoms with van der Waals surface area (Å²) in [7, 11) is -0.547. The number of allylic oxidation sites excluding steroid dienone is 1. The summed E-state index contributed by atoms with van der Waals surface area (Å²) < 4.78 is 0. The van der Waals surface area contributed by atoms with Gasteiger partial charge in [-0.2, -0.15) is 10.9 Å². The Bertz CT molecular complexity index is 878. The summed E-state index contributed by atoms with van der Waals surface area (Å²) in [5.74, 6) is 0. The van der Waals surface area contributed by atoms with Gasteiger partial charge in [-0.25, -0.2) is 0 Å². The Hall–Kier alpha value is -2.13. The number of hydrogen-bond donors (Lipinski definition) is 1. The summed E-state index contributed by atoms with van der Waals surface area (Å²) in [6, 6.07) is 10.6. The number of thiol groups is 1. The number of aryl methyl sites for hydroxylation is 1. The monoisotopic (exact) mass is 292 g/mol. The van der Waals surface area contributed by atoms with Crippen LogP contribution in [0.1, 0.15) is 18.1 Å². The molecule has 0 fully saturated rings. The van der Waals surface area contributed by atoms with Gasteiger partial charge in [0.25, 0.3) is 0 Å². The fourth-order valence-corrected chi connectivity index (χ4v) is 5.44. The predicted octanol–water partition coefficient (Wildman–Crippen LogP) is 4.73. The minimum atomic E-state index is -0.547. The molecule has 1 aliphatic rings. The van der Waals surface area contributed by atoms with E-state index in [1.54, 1.807) is 0 Å². The van der Waals surface area contributed by atoms with Crippen molar-refractivity contribution >= 4 is 27.2 Å². The molecule has 0 saturated heterocycles. The zero-order valence-electron chi connectivity index (χ0n) is 12.0. The molecule has 4 rings (SSSR count). The number of aromatic nitrogens is 2. The van der Waals surface area contributed by atoms with Crippen molar-refractivity contribution in [2.75, 3.05) is 0 Å². The zero-order chi connectivity index (χ0) is 14.4.